The Labute approximate surface area is 111 Å². The van der Waals surface area contributed by atoms with Gasteiger partial charge in [0.1, 0.15) is 11.3 Å². The van der Waals surface area contributed by atoms with E-state index in [1.165, 1.54) is 13.0 Å². The summed E-state index contributed by atoms with van der Waals surface area (Å²) in [6.45, 7) is -2.03. The molecule has 0 unspecified atom stereocenters. The molecule has 0 amide bonds. The molecule has 20 heavy (non-hydrogen) atoms. The van der Waals surface area contributed by atoms with Gasteiger partial charge in [0.05, 0.1) is 18.2 Å². The Kier molecular flexibility index (Phi) is 5.32. The summed E-state index contributed by atoms with van der Waals surface area (Å²) >= 11 is 0. The molecule has 0 aliphatic rings. The van der Waals surface area contributed by atoms with Gasteiger partial charge in [-0.1, -0.05) is 0 Å². The molecule has 1 aromatic rings. The zero-order chi connectivity index (χ0) is 15.3. The van der Waals surface area contributed by atoms with E-state index in [4.69, 9.17) is 5.26 Å². The molecular weight excluding hydrogens is 282 g/mol. The first-order valence-electron chi connectivity index (χ1n) is 5.38. The maximum absolute atomic E-state index is 12.9. The van der Waals surface area contributed by atoms with E-state index in [0.29, 0.717) is 0 Å². The van der Waals surface area contributed by atoms with Crippen LogP contribution in [0, 0.1) is 11.3 Å². The Morgan fingerprint density at radius 2 is 2.00 bits per heavy atom. The van der Waals surface area contributed by atoms with Crippen LogP contribution in [0.2, 0.25) is 0 Å². The van der Waals surface area contributed by atoms with Crippen LogP contribution < -0.4 is 4.74 Å². The molecule has 0 heterocycles. The molecule has 0 saturated carbocycles. The molecule has 0 aliphatic heterocycles. The second kappa shape index (κ2) is 6.75. The standard InChI is InChI=1S/C12H9F4NO3/c1-2-19-11(18)9-7(10(13)14)3-6(5-17)4-8(9)20-12(15)16/h3-4,10,12H,2H2,1H3. The van der Waals surface area contributed by atoms with Gasteiger partial charge in [-0.05, 0) is 19.1 Å². The zero-order valence-electron chi connectivity index (χ0n) is 10.2. The van der Waals surface area contributed by atoms with E-state index in [1.54, 1.807) is 0 Å². The van der Waals surface area contributed by atoms with Crippen molar-refractivity contribution in [3.05, 3.63) is 28.8 Å². The van der Waals surface area contributed by atoms with Gasteiger partial charge in [-0.3, -0.25) is 0 Å². The molecule has 1 rings (SSSR count). The summed E-state index contributed by atoms with van der Waals surface area (Å²) < 4.78 is 58.9. The number of benzene rings is 1. The lowest BCUT2D eigenvalue weighted by atomic mass is 10.0. The number of hydrogen-bond acceptors (Lipinski definition) is 4. The molecule has 0 radical (unpaired) electrons. The van der Waals surface area contributed by atoms with Crippen molar-refractivity contribution < 1.29 is 31.8 Å². The summed E-state index contributed by atoms with van der Waals surface area (Å²) in [5, 5.41) is 8.68. The van der Waals surface area contributed by atoms with Crippen molar-refractivity contribution in [3.63, 3.8) is 0 Å². The van der Waals surface area contributed by atoms with Crippen LogP contribution in [0.4, 0.5) is 17.6 Å². The maximum atomic E-state index is 12.9. The number of halogens is 4. The Balaban J connectivity index is 3.48. The number of carbonyl (C=O) groups is 1. The predicted octanol–water partition coefficient (Wildman–Crippen LogP) is 3.27. The number of hydrogen-bond donors (Lipinski definition) is 0. The largest absolute Gasteiger partial charge is 0.462 e. The molecule has 0 bridgehead atoms. The molecule has 0 aromatic heterocycles. The fourth-order valence-corrected chi connectivity index (χ4v) is 1.48. The highest BCUT2D eigenvalue weighted by molar-refractivity contribution is 5.94. The van der Waals surface area contributed by atoms with E-state index in [2.05, 4.69) is 9.47 Å². The van der Waals surface area contributed by atoms with Gasteiger partial charge >= 0.3 is 12.6 Å². The first-order valence-corrected chi connectivity index (χ1v) is 5.38. The van der Waals surface area contributed by atoms with Crippen molar-refractivity contribution in [2.75, 3.05) is 6.61 Å². The fourth-order valence-electron chi connectivity index (χ4n) is 1.48. The third-order valence-corrected chi connectivity index (χ3v) is 2.19. The molecular formula is C12H9F4NO3. The average Bonchev–Trinajstić information content (AvgIpc) is 2.37. The highest BCUT2D eigenvalue weighted by Gasteiger charge is 2.26. The quantitative estimate of drug-likeness (QED) is 0.617. The van der Waals surface area contributed by atoms with Crippen molar-refractivity contribution in [3.8, 4) is 11.8 Å². The van der Waals surface area contributed by atoms with Crippen LogP contribution in [0.1, 0.15) is 34.8 Å². The van der Waals surface area contributed by atoms with Gasteiger partial charge in [-0.15, -0.1) is 0 Å². The number of carbonyl (C=O) groups excluding carboxylic acids is 1. The predicted molar refractivity (Wildman–Crippen MR) is 58.7 cm³/mol. The van der Waals surface area contributed by atoms with E-state index < -0.39 is 35.9 Å². The second-order valence-corrected chi connectivity index (χ2v) is 3.45. The van der Waals surface area contributed by atoms with Gasteiger partial charge in [0, 0.05) is 5.56 Å². The summed E-state index contributed by atoms with van der Waals surface area (Å²) in [4.78, 5) is 11.6. The molecule has 8 heteroatoms. The minimum absolute atomic E-state index is 0.129. The van der Waals surface area contributed by atoms with Gasteiger partial charge in [0.2, 0.25) is 0 Å². The van der Waals surface area contributed by atoms with Crippen LogP contribution in [-0.4, -0.2) is 19.2 Å². The van der Waals surface area contributed by atoms with Crippen LogP contribution >= 0.6 is 0 Å². The normalized spacial score (nSPS) is 10.5. The molecule has 1 aromatic carbocycles. The molecule has 0 aliphatic carbocycles. The summed E-state index contributed by atoms with van der Waals surface area (Å²) in [5.41, 5.74) is -2.02. The lowest BCUT2D eigenvalue weighted by Crippen LogP contribution is -2.14. The SMILES string of the molecule is CCOC(=O)c1c(OC(F)F)cc(C#N)cc1C(F)F. The fraction of sp³-hybridized carbons (Fsp3) is 0.333. The maximum Gasteiger partial charge on any atom is 0.387 e. The molecule has 0 atom stereocenters. The summed E-state index contributed by atoms with van der Waals surface area (Å²) in [7, 11) is 0. The van der Waals surface area contributed by atoms with Gasteiger partial charge in [-0.2, -0.15) is 14.0 Å². The number of nitriles is 1. The summed E-state index contributed by atoms with van der Waals surface area (Å²) in [6.07, 6.45) is -3.15. The molecule has 4 nitrogen and oxygen atoms in total. The van der Waals surface area contributed by atoms with E-state index in [-0.39, 0.29) is 12.2 Å². The lowest BCUT2D eigenvalue weighted by molar-refractivity contribution is -0.0507. The molecule has 0 saturated heterocycles. The molecule has 0 N–H and O–H groups in total. The van der Waals surface area contributed by atoms with Crippen LogP contribution in [0.15, 0.2) is 12.1 Å². The summed E-state index contributed by atoms with van der Waals surface area (Å²) in [6, 6.07) is 3.04. The highest BCUT2D eigenvalue weighted by Crippen LogP contribution is 2.33. The lowest BCUT2D eigenvalue weighted by Gasteiger charge is -2.14. The number of alkyl halides is 4. The Morgan fingerprint density at radius 3 is 2.45 bits per heavy atom. The monoisotopic (exact) mass is 291 g/mol. The highest BCUT2D eigenvalue weighted by atomic mass is 19.3. The van der Waals surface area contributed by atoms with Crippen molar-refractivity contribution in [1.82, 2.24) is 0 Å². The first-order chi connectivity index (χ1) is 9.40. The smallest absolute Gasteiger partial charge is 0.387 e. The summed E-state index contributed by atoms with van der Waals surface area (Å²) in [5.74, 6) is -2.03. The zero-order valence-corrected chi connectivity index (χ0v) is 10.2. The van der Waals surface area contributed by atoms with E-state index in [0.717, 1.165) is 12.1 Å². The van der Waals surface area contributed by atoms with Gasteiger partial charge in [-0.25, -0.2) is 13.6 Å². The molecule has 0 fully saturated rings. The number of rotatable bonds is 5. The Hall–Kier alpha value is -2.30. The van der Waals surface area contributed by atoms with Crippen LogP contribution in [0.3, 0.4) is 0 Å². The third kappa shape index (κ3) is 3.60. The van der Waals surface area contributed by atoms with Crippen LogP contribution in [0.5, 0.6) is 5.75 Å². The first kappa shape index (κ1) is 15.8. The number of nitrogens with zero attached hydrogens (tertiary/aromatic N) is 1. The molecule has 0 spiro atoms. The van der Waals surface area contributed by atoms with E-state index in [9.17, 15) is 22.4 Å². The minimum atomic E-state index is -3.33. The van der Waals surface area contributed by atoms with E-state index >= 15 is 0 Å². The molecule has 108 valence electrons. The van der Waals surface area contributed by atoms with Crippen molar-refractivity contribution in [2.45, 2.75) is 20.0 Å². The van der Waals surface area contributed by atoms with Gasteiger partial charge < -0.3 is 9.47 Å². The Bertz CT molecular complexity index is 540. The van der Waals surface area contributed by atoms with Crippen molar-refractivity contribution in [1.29, 1.82) is 5.26 Å². The van der Waals surface area contributed by atoms with Crippen LogP contribution in [0.25, 0.3) is 0 Å². The Morgan fingerprint density at radius 1 is 1.35 bits per heavy atom. The van der Waals surface area contributed by atoms with Gasteiger partial charge in [0.25, 0.3) is 6.43 Å². The topological polar surface area (TPSA) is 59.3 Å². The van der Waals surface area contributed by atoms with E-state index in [1.807, 2.05) is 0 Å². The number of esters is 1. The van der Waals surface area contributed by atoms with Crippen molar-refractivity contribution >= 4 is 5.97 Å². The number of ether oxygens (including phenoxy) is 2. The van der Waals surface area contributed by atoms with Crippen LogP contribution in [-0.2, 0) is 4.74 Å². The third-order valence-electron chi connectivity index (χ3n) is 2.19. The van der Waals surface area contributed by atoms with Crippen molar-refractivity contribution in [2.24, 2.45) is 0 Å². The van der Waals surface area contributed by atoms with Gasteiger partial charge in [0.15, 0.2) is 0 Å². The second-order valence-electron chi connectivity index (χ2n) is 3.45. The average molecular weight is 291 g/mol. The minimum Gasteiger partial charge on any atom is -0.462 e.